The van der Waals surface area contributed by atoms with E-state index in [9.17, 15) is 0 Å². The van der Waals surface area contributed by atoms with Crippen LogP contribution < -0.4 is 4.74 Å². The van der Waals surface area contributed by atoms with Crippen LogP contribution in [0.3, 0.4) is 0 Å². The Bertz CT molecular complexity index is 303. The van der Waals surface area contributed by atoms with Crippen molar-refractivity contribution in [2.45, 2.75) is 32.6 Å². The number of aromatic nitrogens is 1. The molecule has 2 rings (SSSR count). The molecule has 0 aromatic carbocycles. The van der Waals surface area contributed by atoms with Gasteiger partial charge in [0.25, 0.3) is 0 Å². The summed E-state index contributed by atoms with van der Waals surface area (Å²) in [6.07, 6.45) is 4.90. The van der Waals surface area contributed by atoms with Gasteiger partial charge < -0.3 is 4.74 Å². The highest BCUT2D eigenvalue weighted by Crippen LogP contribution is 2.28. The van der Waals surface area contributed by atoms with Crippen LogP contribution in [-0.4, -0.2) is 12.1 Å². The molecule has 0 unspecified atom stereocenters. The summed E-state index contributed by atoms with van der Waals surface area (Å²) in [6.45, 7) is 2.03. The first-order valence-electron chi connectivity index (χ1n) is 4.84. The van der Waals surface area contributed by atoms with E-state index in [1.165, 1.54) is 30.4 Å². The average molecular weight is 177 g/mol. The lowest BCUT2D eigenvalue weighted by Gasteiger charge is -2.18. The average Bonchev–Trinajstić information content (AvgIpc) is 2.16. The van der Waals surface area contributed by atoms with Crippen molar-refractivity contribution < 1.29 is 4.74 Å². The first-order chi connectivity index (χ1) is 6.31. The molecule has 0 spiro atoms. The first-order valence-corrected chi connectivity index (χ1v) is 4.84. The molecule has 0 fully saturated rings. The Morgan fingerprint density at radius 2 is 2.08 bits per heavy atom. The number of hydrogen-bond donors (Lipinski definition) is 0. The van der Waals surface area contributed by atoms with E-state index >= 15 is 0 Å². The number of nitrogens with zero attached hydrogens (tertiary/aromatic N) is 1. The maximum absolute atomic E-state index is 5.28. The summed E-state index contributed by atoms with van der Waals surface area (Å²) in [7, 11) is 1.71. The van der Waals surface area contributed by atoms with E-state index in [0.717, 1.165) is 18.0 Å². The Morgan fingerprint density at radius 3 is 2.85 bits per heavy atom. The van der Waals surface area contributed by atoms with Gasteiger partial charge in [-0.15, -0.1) is 0 Å². The molecule has 1 aliphatic carbocycles. The molecule has 1 aromatic rings. The van der Waals surface area contributed by atoms with Crippen molar-refractivity contribution in [3.8, 4) is 5.88 Å². The second kappa shape index (κ2) is 3.36. The standard InChI is InChI=1S/C11H15NO/c1-8-7-9-5-3-4-6-10(9)11(12-8)13-2/h7H,3-6H2,1-2H3. The summed E-state index contributed by atoms with van der Waals surface area (Å²) < 4.78 is 5.28. The fourth-order valence-electron chi connectivity index (χ4n) is 2.01. The Labute approximate surface area is 78.9 Å². The van der Waals surface area contributed by atoms with Crippen LogP contribution in [0.5, 0.6) is 5.88 Å². The van der Waals surface area contributed by atoms with Gasteiger partial charge in [-0.3, -0.25) is 0 Å². The van der Waals surface area contributed by atoms with Crippen LogP contribution in [-0.2, 0) is 12.8 Å². The van der Waals surface area contributed by atoms with Crippen molar-refractivity contribution in [1.29, 1.82) is 0 Å². The van der Waals surface area contributed by atoms with Gasteiger partial charge >= 0.3 is 0 Å². The lowest BCUT2D eigenvalue weighted by molar-refractivity contribution is 0.388. The predicted molar refractivity (Wildman–Crippen MR) is 52.2 cm³/mol. The highest BCUT2D eigenvalue weighted by atomic mass is 16.5. The van der Waals surface area contributed by atoms with E-state index in [1.807, 2.05) is 6.92 Å². The number of methoxy groups -OCH3 is 1. The molecule has 2 nitrogen and oxygen atoms in total. The summed E-state index contributed by atoms with van der Waals surface area (Å²) in [4.78, 5) is 4.38. The lowest BCUT2D eigenvalue weighted by Crippen LogP contribution is -2.07. The number of ether oxygens (including phenoxy) is 1. The number of hydrogen-bond acceptors (Lipinski definition) is 2. The van der Waals surface area contributed by atoms with Crippen molar-refractivity contribution in [2.24, 2.45) is 0 Å². The zero-order valence-electron chi connectivity index (χ0n) is 8.26. The Morgan fingerprint density at radius 1 is 1.31 bits per heavy atom. The lowest BCUT2D eigenvalue weighted by atomic mass is 9.92. The molecule has 0 saturated heterocycles. The SMILES string of the molecule is COc1nc(C)cc2c1CCCC2. The zero-order valence-corrected chi connectivity index (χ0v) is 8.26. The van der Waals surface area contributed by atoms with Crippen molar-refractivity contribution in [3.63, 3.8) is 0 Å². The minimum atomic E-state index is 0.842. The topological polar surface area (TPSA) is 22.1 Å². The fraction of sp³-hybridized carbons (Fsp3) is 0.545. The first kappa shape index (κ1) is 8.54. The van der Waals surface area contributed by atoms with E-state index in [4.69, 9.17) is 4.74 Å². The minimum Gasteiger partial charge on any atom is -0.481 e. The normalized spacial score (nSPS) is 15.2. The minimum absolute atomic E-state index is 0.842. The molecule has 1 heterocycles. The van der Waals surface area contributed by atoms with Crippen LogP contribution in [0.4, 0.5) is 0 Å². The van der Waals surface area contributed by atoms with E-state index in [0.29, 0.717) is 0 Å². The van der Waals surface area contributed by atoms with Crippen molar-refractivity contribution >= 4 is 0 Å². The van der Waals surface area contributed by atoms with Crippen LogP contribution >= 0.6 is 0 Å². The summed E-state index contributed by atoms with van der Waals surface area (Å²) in [5.41, 5.74) is 3.84. The summed E-state index contributed by atoms with van der Waals surface area (Å²) in [5.74, 6) is 0.842. The second-order valence-corrected chi connectivity index (χ2v) is 3.62. The third kappa shape index (κ3) is 1.53. The largest absolute Gasteiger partial charge is 0.481 e. The third-order valence-corrected chi connectivity index (χ3v) is 2.62. The quantitative estimate of drug-likeness (QED) is 0.656. The van der Waals surface area contributed by atoms with Crippen molar-refractivity contribution in [1.82, 2.24) is 4.98 Å². The van der Waals surface area contributed by atoms with Gasteiger partial charge in [0.1, 0.15) is 0 Å². The molecule has 0 saturated carbocycles. The van der Waals surface area contributed by atoms with Gasteiger partial charge in [0.2, 0.25) is 5.88 Å². The van der Waals surface area contributed by atoms with Gasteiger partial charge in [0.15, 0.2) is 0 Å². The van der Waals surface area contributed by atoms with Crippen molar-refractivity contribution in [2.75, 3.05) is 7.11 Å². The smallest absolute Gasteiger partial charge is 0.216 e. The number of aryl methyl sites for hydroxylation is 2. The van der Waals surface area contributed by atoms with Crippen LogP contribution in [0.1, 0.15) is 29.7 Å². The Balaban J connectivity index is 2.50. The van der Waals surface area contributed by atoms with Crippen molar-refractivity contribution in [3.05, 3.63) is 22.9 Å². The number of rotatable bonds is 1. The molecule has 0 N–H and O–H groups in total. The molecule has 0 aliphatic heterocycles. The maximum atomic E-state index is 5.28. The second-order valence-electron chi connectivity index (χ2n) is 3.62. The van der Waals surface area contributed by atoms with Crippen LogP contribution in [0.15, 0.2) is 6.07 Å². The molecule has 0 radical (unpaired) electrons. The molecule has 13 heavy (non-hydrogen) atoms. The van der Waals surface area contributed by atoms with E-state index in [2.05, 4.69) is 11.1 Å². The maximum Gasteiger partial charge on any atom is 0.216 e. The summed E-state index contributed by atoms with van der Waals surface area (Å²) in [6, 6.07) is 2.19. The monoisotopic (exact) mass is 177 g/mol. The Kier molecular flexibility index (Phi) is 2.21. The van der Waals surface area contributed by atoms with Gasteiger partial charge in [0.05, 0.1) is 7.11 Å². The van der Waals surface area contributed by atoms with Gasteiger partial charge in [-0.05, 0) is 44.2 Å². The summed E-state index contributed by atoms with van der Waals surface area (Å²) >= 11 is 0. The van der Waals surface area contributed by atoms with Gasteiger partial charge in [-0.25, -0.2) is 4.98 Å². The molecule has 2 heteroatoms. The molecule has 0 atom stereocenters. The molecule has 70 valence electrons. The van der Waals surface area contributed by atoms with Crippen LogP contribution in [0.25, 0.3) is 0 Å². The molecule has 1 aromatic heterocycles. The Hall–Kier alpha value is -1.05. The number of pyridine rings is 1. The predicted octanol–water partition coefficient (Wildman–Crippen LogP) is 2.28. The number of fused-ring (bicyclic) bond motifs is 1. The van der Waals surface area contributed by atoms with Crippen LogP contribution in [0.2, 0.25) is 0 Å². The molecule has 0 bridgehead atoms. The summed E-state index contributed by atoms with van der Waals surface area (Å²) in [5, 5.41) is 0. The fourth-order valence-corrected chi connectivity index (χ4v) is 2.01. The van der Waals surface area contributed by atoms with Gasteiger partial charge in [-0.1, -0.05) is 0 Å². The third-order valence-electron chi connectivity index (χ3n) is 2.62. The highest BCUT2D eigenvalue weighted by Gasteiger charge is 2.15. The van der Waals surface area contributed by atoms with E-state index in [1.54, 1.807) is 7.11 Å². The van der Waals surface area contributed by atoms with Gasteiger partial charge in [0, 0.05) is 11.3 Å². The highest BCUT2D eigenvalue weighted by molar-refractivity contribution is 5.38. The van der Waals surface area contributed by atoms with E-state index < -0.39 is 0 Å². The molecule has 0 amide bonds. The van der Waals surface area contributed by atoms with E-state index in [-0.39, 0.29) is 0 Å². The molecular weight excluding hydrogens is 162 g/mol. The zero-order chi connectivity index (χ0) is 9.26. The van der Waals surface area contributed by atoms with Gasteiger partial charge in [-0.2, -0.15) is 0 Å². The molecule has 1 aliphatic rings. The molecular formula is C11H15NO. The van der Waals surface area contributed by atoms with Crippen LogP contribution in [0, 0.1) is 6.92 Å².